The second-order valence-electron chi connectivity index (χ2n) is 9.20. The first-order chi connectivity index (χ1) is 14.6. The monoisotopic (exact) mass is 409 g/mol. The maximum absolute atomic E-state index is 13.3. The number of rotatable bonds is 2. The molecule has 0 spiro atoms. The summed E-state index contributed by atoms with van der Waals surface area (Å²) in [6, 6.07) is 7.83. The lowest BCUT2D eigenvalue weighted by Gasteiger charge is -2.54. The summed E-state index contributed by atoms with van der Waals surface area (Å²) >= 11 is 0. The van der Waals surface area contributed by atoms with E-state index in [0.717, 1.165) is 25.9 Å². The van der Waals surface area contributed by atoms with Gasteiger partial charge in [-0.15, -0.1) is 0 Å². The number of methoxy groups -OCH3 is 1. The number of likely N-dealkylation sites (tertiary alicyclic amines) is 1. The number of nitrogens with one attached hydrogen (secondary N) is 1. The lowest BCUT2D eigenvalue weighted by atomic mass is 9.68. The third-order valence-corrected chi connectivity index (χ3v) is 7.45. The third-order valence-electron chi connectivity index (χ3n) is 7.45. The van der Waals surface area contributed by atoms with E-state index in [1.165, 1.54) is 44.9 Å². The van der Waals surface area contributed by atoms with Gasteiger partial charge in [-0.05, 0) is 68.7 Å². The van der Waals surface area contributed by atoms with Gasteiger partial charge in [0.2, 0.25) is 0 Å². The van der Waals surface area contributed by atoms with Crippen LogP contribution in [0.4, 0.5) is 10.5 Å². The molecule has 2 bridgehead atoms. The van der Waals surface area contributed by atoms with Crippen molar-refractivity contribution in [3.8, 4) is 0 Å². The van der Waals surface area contributed by atoms with E-state index in [1.54, 1.807) is 18.2 Å². The number of fused-ring (bicyclic) bond motifs is 6. The Labute approximate surface area is 178 Å². The second-order valence-corrected chi connectivity index (χ2v) is 9.20. The van der Waals surface area contributed by atoms with Gasteiger partial charge in [0.1, 0.15) is 0 Å². The van der Waals surface area contributed by atoms with Crippen LogP contribution < -0.4 is 5.32 Å². The number of piperidine rings is 3. The molecule has 3 fully saturated rings. The summed E-state index contributed by atoms with van der Waals surface area (Å²) in [4.78, 5) is 29.8. The molecule has 0 unspecified atom stereocenters. The average Bonchev–Trinajstić information content (AvgIpc) is 2.78. The number of urea groups is 1. The molecular weight excluding hydrogens is 378 g/mol. The smallest absolute Gasteiger partial charge is 0.337 e. The lowest BCUT2D eigenvalue weighted by Crippen LogP contribution is -2.60. The van der Waals surface area contributed by atoms with E-state index in [9.17, 15) is 9.59 Å². The van der Waals surface area contributed by atoms with Crippen molar-refractivity contribution in [1.82, 2.24) is 9.80 Å². The summed E-state index contributed by atoms with van der Waals surface area (Å²) in [5.41, 5.74) is 2.55. The van der Waals surface area contributed by atoms with Gasteiger partial charge in [-0.2, -0.15) is 0 Å². The number of hydrogen-bond acceptors (Lipinski definition) is 4. The van der Waals surface area contributed by atoms with Crippen molar-refractivity contribution >= 4 is 17.7 Å². The highest BCUT2D eigenvalue weighted by Gasteiger charge is 2.46. The van der Waals surface area contributed by atoms with Crippen molar-refractivity contribution in [2.75, 3.05) is 32.1 Å². The Balaban J connectivity index is 1.36. The van der Waals surface area contributed by atoms with E-state index < -0.39 is 5.97 Å². The molecule has 3 aliphatic heterocycles. The van der Waals surface area contributed by atoms with Crippen molar-refractivity contribution in [3.05, 3.63) is 41.5 Å². The minimum absolute atomic E-state index is 0.0631. The van der Waals surface area contributed by atoms with Gasteiger partial charge < -0.3 is 15.0 Å². The number of benzene rings is 1. The van der Waals surface area contributed by atoms with Crippen LogP contribution in [0.15, 0.2) is 35.9 Å². The Hall–Kier alpha value is -2.34. The van der Waals surface area contributed by atoms with Crippen LogP contribution in [0.25, 0.3) is 0 Å². The average molecular weight is 410 g/mol. The molecule has 0 radical (unpaired) electrons. The number of nitrogens with zero attached hydrogens (tertiary/aromatic N) is 2. The van der Waals surface area contributed by atoms with Crippen molar-refractivity contribution < 1.29 is 14.3 Å². The molecule has 5 rings (SSSR count). The fourth-order valence-electron chi connectivity index (χ4n) is 6.24. The van der Waals surface area contributed by atoms with E-state index in [2.05, 4.69) is 16.3 Å². The molecule has 30 heavy (non-hydrogen) atoms. The Morgan fingerprint density at radius 3 is 2.93 bits per heavy atom. The molecule has 0 aromatic heterocycles. The van der Waals surface area contributed by atoms with Crippen LogP contribution >= 0.6 is 0 Å². The largest absolute Gasteiger partial charge is 0.465 e. The zero-order valence-electron chi connectivity index (χ0n) is 17.7. The fourth-order valence-corrected chi connectivity index (χ4v) is 6.24. The van der Waals surface area contributed by atoms with Crippen LogP contribution in [0.2, 0.25) is 0 Å². The minimum atomic E-state index is -0.397. The number of hydrogen-bond donors (Lipinski definition) is 1. The summed E-state index contributed by atoms with van der Waals surface area (Å²) in [7, 11) is 1.36. The van der Waals surface area contributed by atoms with E-state index >= 15 is 0 Å². The third kappa shape index (κ3) is 3.51. The molecule has 3 heterocycles. The molecule has 2 amide bonds. The van der Waals surface area contributed by atoms with Crippen molar-refractivity contribution in [3.63, 3.8) is 0 Å². The Kier molecular flexibility index (Phi) is 5.27. The van der Waals surface area contributed by atoms with E-state index in [1.807, 2.05) is 11.0 Å². The molecule has 6 nitrogen and oxygen atoms in total. The van der Waals surface area contributed by atoms with Crippen LogP contribution in [0.3, 0.4) is 0 Å². The quantitative estimate of drug-likeness (QED) is 0.594. The maximum atomic E-state index is 13.3. The highest BCUT2D eigenvalue weighted by Crippen LogP contribution is 2.45. The van der Waals surface area contributed by atoms with E-state index in [-0.39, 0.29) is 12.1 Å². The molecule has 0 saturated carbocycles. The van der Waals surface area contributed by atoms with Crippen LogP contribution in [-0.4, -0.2) is 60.6 Å². The Morgan fingerprint density at radius 2 is 2.07 bits per heavy atom. The molecule has 160 valence electrons. The fraction of sp³-hybridized carbons (Fsp3) is 0.583. The summed E-state index contributed by atoms with van der Waals surface area (Å²) in [6.07, 6.45) is 9.86. The van der Waals surface area contributed by atoms with Crippen LogP contribution in [0.5, 0.6) is 0 Å². The van der Waals surface area contributed by atoms with E-state index in [4.69, 9.17) is 4.74 Å². The number of anilines is 1. The molecule has 1 N–H and O–H groups in total. The first-order valence-corrected chi connectivity index (χ1v) is 11.3. The standard InChI is InChI=1S/C24H31N3O3/c1-30-23(28)17-6-4-8-20(14-17)25-24(29)27-11-5-7-16-12-18-13-19(22(16)27)15-26-10-3-2-9-21(18)26/h4,6,8,12,14,18-19,21-22H,2-3,5,7,9-11,13,15H2,1H3,(H,25,29)/t18-,19+,21+,22+/m0/s1. The Morgan fingerprint density at radius 1 is 1.17 bits per heavy atom. The highest BCUT2D eigenvalue weighted by molar-refractivity contribution is 5.94. The minimum Gasteiger partial charge on any atom is -0.465 e. The predicted octanol–water partition coefficient (Wildman–Crippen LogP) is 3.90. The van der Waals surface area contributed by atoms with Gasteiger partial charge in [0.25, 0.3) is 0 Å². The van der Waals surface area contributed by atoms with E-state index in [0.29, 0.717) is 29.1 Å². The second kappa shape index (κ2) is 8.06. The summed E-state index contributed by atoms with van der Waals surface area (Å²) in [6.45, 7) is 3.11. The van der Waals surface area contributed by atoms with Gasteiger partial charge in [0.15, 0.2) is 0 Å². The number of esters is 1. The zero-order valence-corrected chi connectivity index (χ0v) is 17.7. The SMILES string of the molecule is COC(=O)c1cccc(NC(=O)N2CCCC3=C[C@H]4C[C@H](CN5CCCC[C@H]45)[C@@H]32)c1. The lowest BCUT2D eigenvalue weighted by molar-refractivity contribution is 0.00908. The summed E-state index contributed by atoms with van der Waals surface area (Å²) in [5, 5.41) is 3.03. The molecule has 1 aromatic rings. The molecule has 1 aliphatic carbocycles. The first-order valence-electron chi connectivity index (χ1n) is 11.3. The van der Waals surface area contributed by atoms with Gasteiger partial charge in [0.05, 0.1) is 18.7 Å². The van der Waals surface area contributed by atoms with Crippen LogP contribution in [0.1, 0.15) is 48.9 Å². The van der Waals surface area contributed by atoms with Crippen molar-refractivity contribution in [1.29, 1.82) is 0 Å². The molecule has 1 aromatic carbocycles. The molecular formula is C24H31N3O3. The number of carbonyl (C=O) groups is 2. The molecule has 6 heteroatoms. The topological polar surface area (TPSA) is 61.9 Å². The molecule has 3 saturated heterocycles. The normalized spacial score (nSPS) is 30.6. The van der Waals surface area contributed by atoms with Crippen LogP contribution in [-0.2, 0) is 4.74 Å². The highest BCUT2D eigenvalue weighted by atomic mass is 16.5. The summed E-state index contributed by atoms with van der Waals surface area (Å²) < 4.78 is 4.80. The number of amides is 2. The zero-order chi connectivity index (χ0) is 20.7. The van der Waals surface area contributed by atoms with Gasteiger partial charge in [-0.1, -0.05) is 24.1 Å². The van der Waals surface area contributed by atoms with Gasteiger partial charge in [-0.25, -0.2) is 9.59 Å². The van der Waals surface area contributed by atoms with Crippen LogP contribution in [0, 0.1) is 11.8 Å². The molecule has 4 atom stereocenters. The van der Waals surface area contributed by atoms with Crippen molar-refractivity contribution in [2.45, 2.75) is 50.6 Å². The first kappa shape index (κ1) is 19.6. The Bertz CT molecular complexity index is 867. The maximum Gasteiger partial charge on any atom is 0.337 e. The van der Waals surface area contributed by atoms with Gasteiger partial charge in [-0.3, -0.25) is 4.90 Å². The van der Waals surface area contributed by atoms with Gasteiger partial charge in [0, 0.05) is 24.8 Å². The number of ether oxygens (including phenoxy) is 1. The predicted molar refractivity (Wildman–Crippen MR) is 115 cm³/mol. The van der Waals surface area contributed by atoms with Gasteiger partial charge >= 0.3 is 12.0 Å². The molecule has 4 aliphatic rings. The summed E-state index contributed by atoms with van der Waals surface area (Å²) in [5.74, 6) is 0.790. The van der Waals surface area contributed by atoms with Crippen molar-refractivity contribution in [2.24, 2.45) is 11.8 Å². The number of carbonyl (C=O) groups excluding carboxylic acids is 2.